The van der Waals surface area contributed by atoms with Gasteiger partial charge in [0.25, 0.3) is 0 Å². The molecule has 3 heteroatoms. The van der Waals surface area contributed by atoms with Gasteiger partial charge < -0.3 is 9.64 Å². The second kappa shape index (κ2) is 12.1. The van der Waals surface area contributed by atoms with Crippen molar-refractivity contribution in [1.82, 2.24) is 4.90 Å². The van der Waals surface area contributed by atoms with Gasteiger partial charge in [-0.1, -0.05) is 61.5 Å². The van der Waals surface area contributed by atoms with Gasteiger partial charge in [0.2, 0.25) is 0 Å². The quantitative estimate of drug-likeness (QED) is 0.156. The lowest BCUT2D eigenvalue weighted by Gasteiger charge is -2.17. The van der Waals surface area contributed by atoms with Gasteiger partial charge in [-0.3, -0.25) is 0 Å². The topological polar surface area (TPSA) is 12.5 Å². The fraction of sp³-hybridized carbons (Fsp3) is 0.286. The second-order valence-corrected chi connectivity index (χ2v) is 9.21. The maximum absolute atomic E-state index is 5.98. The lowest BCUT2D eigenvalue weighted by Crippen LogP contribution is -2.13. The van der Waals surface area contributed by atoms with E-state index in [-0.39, 0.29) is 0 Å². The van der Waals surface area contributed by atoms with Crippen molar-refractivity contribution >= 4 is 33.7 Å². The Morgan fingerprint density at radius 1 is 0.774 bits per heavy atom. The van der Waals surface area contributed by atoms with Crippen LogP contribution in [0.2, 0.25) is 0 Å². The molecule has 2 nitrogen and oxygen atoms in total. The summed E-state index contributed by atoms with van der Waals surface area (Å²) in [6, 6.07) is 28.1. The smallest absolute Gasteiger partial charge is 0.119 e. The maximum Gasteiger partial charge on any atom is 0.119 e. The van der Waals surface area contributed by atoms with E-state index in [0.717, 1.165) is 38.2 Å². The highest BCUT2D eigenvalue weighted by Gasteiger charge is 2.13. The number of nitrogens with zero attached hydrogens (tertiary/aromatic N) is 1. The molecule has 31 heavy (non-hydrogen) atoms. The van der Waals surface area contributed by atoms with Crippen LogP contribution in [0.3, 0.4) is 0 Å². The van der Waals surface area contributed by atoms with E-state index in [1.165, 1.54) is 31.4 Å². The van der Waals surface area contributed by atoms with Crippen molar-refractivity contribution < 1.29 is 4.74 Å². The number of hydrogen-bond acceptors (Lipinski definition) is 2. The highest BCUT2D eigenvalue weighted by molar-refractivity contribution is 14.1. The third kappa shape index (κ3) is 6.94. The van der Waals surface area contributed by atoms with E-state index >= 15 is 0 Å². The normalized spacial score (nSPS) is 12.0. The molecule has 0 N–H and O–H groups in total. The highest BCUT2D eigenvalue weighted by atomic mass is 127. The first-order valence-electron chi connectivity index (χ1n) is 11.0. The fourth-order valence-electron chi connectivity index (χ4n) is 3.73. The van der Waals surface area contributed by atoms with Crippen LogP contribution >= 0.6 is 22.6 Å². The Labute approximate surface area is 201 Å². The molecule has 3 rings (SSSR count). The molecule has 0 aliphatic rings. The Kier molecular flexibility index (Phi) is 9.16. The zero-order valence-corrected chi connectivity index (χ0v) is 20.9. The van der Waals surface area contributed by atoms with Crippen LogP contribution in [-0.2, 0) is 0 Å². The van der Waals surface area contributed by atoms with Gasteiger partial charge in [-0.2, -0.15) is 0 Å². The predicted molar refractivity (Wildman–Crippen MR) is 142 cm³/mol. The number of halogens is 1. The molecule has 0 aliphatic heterocycles. The van der Waals surface area contributed by atoms with E-state index in [1.54, 1.807) is 0 Å². The van der Waals surface area contributed by atoms with Crippen molar-refractivity contribution in [2.75, 3.05) is 27.2 Å². The molecule has 0 bridgehead atoms. The van der Waals surface area contributed by atoms with E-state index in [0.29, 0.717) is 0 Å². The molecule has 0 unspecified atom stereocenters. The Morgan fingerprint density at radius 2 is 1.39 bits per heavy atom. The summed E-state index contributed by atoms with van der Waals surface area (Å²) in [5.41, 5.74) is 6.40. The van der Waals surface area contributed by atoms with Gasteiger partial charge in [0, 0.05) is 3.57 Å². The average molecular weight is 525 g/mol. The molecule has 0 atom stereocenters. The first-order chi connectivity index (χ1) is 15.1. The molecule has 3 aromatic rings. The zero-order chi connectivity index (χ0) is 22.1. The van der Waals surface area contributed by atoms with Crippen LogP contribution in [0.4, 0.5) is 0 Å². The van der Waals surface area contributed by atoms with Crippen molar-refractivity contribution in [2.24, 2.45) is 0 Å². The van der Waals surface area contributed by atoms with E-state index in [4.69, 9.17) is 4.74 Å². The molecular formula is C28H32INO. The standard InChI is InChI=1S/C28H32INO/c1-4-27(22-10-6-5-7-11-22)28(23-12-16-25(29)17-13-23)24-14-18-26(19-15-24)31-21-9-8-20-30(2)3/h5-7,10-19H,4,8-9,20-21H2,1-3H3/b28-27-. The Bertz CT molecular complexity index is 960. The third-order valence-corrected chi connectivity index (χ3v) is 6.04. The minimum Gasteiger partial charge on any atom is -0.494 e. The summed E-state index contributed by atoms with van der Waals surface area (Å²) in [5, 5.41) is 0. The number of allylic oxidation sites excluding steroid dienone is 1. The molecular weight excluding hydrogens is 493 g/mol. The highest BCUT2D eigenvalue weighted by Crippen LogP contribution is 2.35. The van der Waals surface area contributed by atoms with Crippen molar-refractivity contribution in [3.63, 3.8) is 0 Å². The minimum absolute atomic E-state index is 0.761. The molecule has 0 spiro atoms. The number of rotatable bonds is 10. The monoisotopic (exact) mass is 525 g/mol. The average Bonchev–Trinajstić information content (AvgIpc) is 2.79. The molecule has 3 aromatic carbocycles. The van der Waals surface area contributed by atoms with Crippen molar-refractivity contribution in [3.8, 4) is 5.75 Å². The Hall–Kier alpha value is -2.11. The van der Waals surface area contributed by atoms with E-state index in [9.17, 15) is 0 Å². The number of hydrogen-bond donors (Lipinski definition) is 0. The minimum atomic E-state index is 0.761. The molecule has 0 heterocycles. The summed E-state index contributed by atoms with van der Waals surface area (Å²) in [6.07, 6.45) is 3.19. The van der Waals surface area contributed by atoms with Crippen molar-refractivity contribution in [3.05, 3.63) is 99.1 Å². The summed E-state index contributed by atoms with van der Waals surface area (Å²) in [7, 11) is 4.22. The van der Waals surface area contributed by atoms with E-state index in [1.807, 2.05) is 0 Å². The number of benzene rings is 3. The molecule has 0 saturated heterocycles. The summed E-state index contributed by atoms with van der Waals surface area (Å²) >= 11 is 2.36. The summed E-state index contributed by atoms with van der Waals surface area (Å²) in [6.45, 7) is 4.10. The van der Waals surface area contributed by atoms with Gasteiger partial charge in [0.1, 0.15) is 5.75 Å². The van der Waals surface area contributed by atoms with E-state index in [2.05, 4.69) is 127 Å². The van der Waals surface area contributed by atoms with Crippen LogP contribution in [0, 0.1) is 3.57 Å². The van der Waals surface area contributed by atoms with Gasteiger partial charge in [0.05, 0.1) is 6.61 Å². The van der Waals surface area contributed by atoms with Gasteiger partial charge in [-0.15, -0.1) is 0 Å². The molecule has 0 fully saturated rings. The van der Waals surface area contributed by atoms with Crippen LogP contribution in [0.1, 0.15) is 42.9 Å². The molecule has 0 radical (unpaired) electrons. The summed E-state index contributed by atoms with van der Waals surface area (Å²) < 4.78 is 7.23. The van der Waals surface area contributed by atoms with Gasteiger partial charge in [0.15, 0.2) is 0 Å². The largest absolute Gasteiger partial charge is 0.494 e. The summed E-state index contributed by atoms with van der Waals surface area (Å²) in [4.78, 5) is 2.21. The van der Waals surface area contributed by atoms with Gasteiger partial charge >= 0.3 is 0 Å². The SMILES string of the molecule is CC/C(=C(\c1ccc(I)cc1)c1ccc(OCCCCN(C)C)cc1)c1ccccc1. The molecule has 0 aromatic heterocycles. The van der Waals surface area contributed by atoms with Crippen LogP contribution in [0.15, 0.2) is 78.9 Å². The van der Waals surface area contributed by atoms with Crippen LogP contribution < -0.4 is 4.74 Å². The summed E-state index contributed by atoms with van der Waals surface area (Å²) in [5.74, 6) is 0.938. The van der Waals surface area contributed by atoms with Gasteiger partial charge in [-0.05, 0) is 115 Å². The van der Waals surface area contributed by atoms with Crippen LogP contribution in [-0.4, -0.2) is 32.1 Å². The fourth-order valence-corrected chi connectivity index (χ4v) is 4.09. The molecule has 0 aliphatic carbocycles. The number of ether oxygens (including phenoxy) is 1. The van der Waals surface area contributed by atoms with Crippen LogP contribution in [0.5, 0.6) is 5.75 Å². The van der Waals surface area contributed by atoms with E-state index < -0.39 is 0 Å². The lowest BCUT2D eigenvalue weighted by molar-refractivity contribution is 0.293. The first-order valence-corrected chi connectivity index (χ1v) is 12.1. The second-order valence-electron chi connectivity index (χ2n) is 7.96. The van der Waals surface area contributed by atoms with Crippen molar-refractivity contribution in [1.29, 1.82) is 0 Å². The molecule has 162 valence electrons. The Morgan fingerprint density at radius 3 is 1.97 bits per heavy atom. The van der Waals surface area contributed by atoms with Crippen LogP contribution in [0.25, 0.3) is 11.1 Å². The third-order valence-electron chi connectivity index (χ3n) is 5.32. The van der Waals surface area contributed by atoms with Crippen molar-refractivity contribution in [2.45, 2.75) is 26.2 Å². The predicted octanol–water partition coefficient (Wildman–Crippen LogP) is 7.38. The Balaban J connectivity index is 1.88. The molecule has 0 saturated carbocycles. The number of unbranched alkanes of at least 4 members (excludes halogenated alkanes) is 1. The molecule has 0 amide bonds. The van der Waals surface area contributed by atoms with Gasteiger partial charge in [-0.25, -0.2) is 0 Å². The lowest BCUT2D eigenvalue weighted by atomic mass is 9.88. The zero-order valence-electron chi connectivity index (χ0n) is 18.8. The maximum atomic E-state index is 5.98. The first kappa shape index (κ1) is 23.6.